The summed E-state index contributed by atoms with van der Waals surface area (Å²) < 4.78 is 10.8. The fraction of sp³-hybridized carbons (Fsp3) is 0.455. The van der Waals surface area contributed by atoms with Crippen LogP contribution in [0.15, 0.2) is 46.8 Å². The van der Waals surface area contributed by atoms with E-state index in [9.17, 15) is 14.4 Å². The van der Waals surface area contributed by atoms with Gasteiger partial charge in [-0.2, -0.15) is 0 Å². The second kappa shape index (κ2) is 13.1. The maximum atomic E-state index is 13.5. The van der Waals surface area contributed by atoms with Crippen LogP contribution in [-0.4, -0.2) is 61.1 Å². The molecule has 2 fully saturated rings. The molecular formula is C33H37N3O5S2. The van der Waals surface area contributed by atoms with E-state index in [0.717, 1.165) is 53.2 Å². The molecule has 226 valence electrons. The van der Waals surface area contributed by atoms with Crippen molar-refractivity contribution >= 4 is 51.7 Å². The summed E-state index contributed by atoms with van der Waals surface area (Å²) in [5.41, 5.74) is 7.00. The van der Waals surface area contributed by atoms with Crippen molar-refractivity contribution in [3.8, 4) is 10.4 Å². The molecule has 2 aromatic heterocycles. The van der Waals surface area contributed by atoms with Gasteiger partial charge in [0.25, 0.3) is 5.91 Å². The molecule has 8 nitrogen and oxygen atoms in total. The Morgan fingerprint density at radius 2 is 1.88 bits per heavy atom. The topological polar surface area (TPSA) is 97.8 Å². The minimum absolute atomic E-state index is 0.0917. The summed E-state index contributed by atoms with van der Waals surface area (Å²) in [6.45, 7) is 4.65. The van der Waals surface area contributed by atoms with Crippen LogP contribution in [-0.2, 0) is 14.3 Å². The van der Waals surface area contributed by atoms with Crippen LogP contribution in [0.4, 0.5) is 5.69 Å². The maximum Gasteiger partial charge on any atom is 0.348 e. The molecule has 10 heteroatoms. The maximum absolute atomic E-state index is 13.5. The van der Waals surface area contributed by atoms with E-state index >= 15 is 0 Å². The van der Waals surface area contributed by atoms with Crippen molar-refractivity contribution < 1.29 is 23.9 Å². The van der Waals surface area contributed by atoms with Crippen molar-refractivity contribution in [2.75, 3.05) is 38.7 Å². The van der Waals surface area contributed by atoms with Crippen molar-refractivity contribution in [3.63, 3.8) is 0 Å². The van der Waals surface area contributed by atoms with E-state index < -0.39 is 0 Å². The van der Waals surface area contributed by atoms with Crippen LogP contribution in [0.5, 0.6) is 0 Å². The number of nitrogens with one attached hydrogen (secondary N) is 1. The zero-order valence-corrected chi connectivity index (χ0v) is 26.2. The smallest absolute Gasteiger partial charge is 0.348 e. The van der Waals surface area contributed by atoms with Gasteiger partial charge in [0.15, 0.2) is 0 Å². The van der Waals surface area contributed by atoms with Gasteiger partial charge in [-0.25, -0.2) is 9.78 Å². The average molecular weight is 620 g/mol. The molecule has 4 heterocycles. The predicted molar refractivity (Wildman–Crippen MR) is 169 cm³/mol. The number of benzene rings is 1. The minimum atomic E-state index is -0.366. The van der Waals surface area contributed by atoms with Crippen LogP contribution >= 0.6 is 22.7 Å². The number of thiophene rings is 1. The summed E-state index contributed by atoms with van der Waals surface area (Å²) >= 11 is 2.79. The molecule has 1 N–H and O–H groups in total. The fourth-order valence-corrected chi connectivity index (χ4v) is 8.15. The Morgan fingerprint density at radius 3 is 2.56 bits per heavy atom. The number of hydrogen-bond acceptors (Lipinski definition) is 8. The number of carbonyl (C=O) groups is 3. The molecule has 1 aromatic carbocycles. The summed E-state index contributed by atoms with van der Waals surface area (Å²) in [5, 5.41) is 4.59. The van der Waals surface area contributed by atoms with E-state index in [-0.39, 0.29) is 23.7 Å². The standard InChI is InChI=1S/C33H37N3O5S2/c1-20-3-5-21(6-4-20)25-11-13-36(32(38)23-12-14-41-17-23)16-27(25)26-15-29(43-30(26)33(39)40-2)22-7-9-24(10-8-22)35-31(37)28-18-42-19-34-28/h7-10,15,18-21,23H,3-6,11-14,16-17H2,1-2H3,(H,35,37). The third-order valence-electron chi connectivity index (χ3n) is 9.01. The lowest BCUT2D eigenvalue weighted by atomic mass is 9.75. The Kier molecular flexibility index (Phi) is 9.06. The van der Waals surface area contributed by atoms with Crippen LogP contribution in [0.2, 0.25) is 0 Å². The lowest BCUT2D eigenvalue weighted by molar-refractivity contribution is -0.135. The summed E-state index contributed by atoms with van der Waals surface area (Å²) in [4.78, 5) is 46.7. The lowest BCUT2D eigenvalue weighted by Gasteiger charge is -2.37. The second-order valence-corrected chi connectivity index (χ2v) is 13.6. The highest BCUT2D eigenvalue weighted by atomic mass is 32.1. The number of nitrogens with zero attached hydrogens (tertiary/aromatic N) is 2. The number of hydrogen-bond donors (Lipinski definition) is 1. The van der Waals surface area contributed by atoms with E-state index in [0.29, 0.717) is 48.5 Å². The third-order valence-corrected chi connectivity index (χ3v) is 10.8. The first-order chi connectivity index (χ1) is 20.9. The molecule has 1 saturated heterocycles. The van der Waals surface area contributed by atoms with Gasteiger partial charge in [0, 0.05) is 41.2 Å². The van der Waals surface area contributed by atoms with E-state index in [2.05, 4.69) is 23.3 Å². The number of aromatic nitrogens is 1. The lowest BCUT2D eigenvalue weighted by Crippen LogP contribution is -2.41. The van der Waals surface area contributed by atoms with Crippen LogP contribution in [0.1, 0.15) is 71.2 Å². The summed E-state index contributed by atoms with van der Waals surface area (Å²) in [6, 6.07) is 9.70. The second-order valence-electron chi connectivity index (χ2n) is 11.8. The fourth-order valence-electron chi connectivity index (χ4n) is 6.51. The van der Waals surface area contributed by atoms with Crippen molar-refractivity contribution in [1.82, 2.24) is 9.88 Å². The predicted octanol–water partition coefficient (Wildman–Crippen LogP) is 6.76. The molecule has 0 spiro atoms. The molecule has 1 saturated carbocycles. The number of rotatable bonds is 7. The van der Waals surface area contributed by atoms with Crippen molar-refractivity contribution in [1.29, 1.82) is 0 Å². The first-order valence-corrected chi connectivity index (χ1v) is 16.8. The number of methoxy groups -OCH3 is 1. The van der Waals surface area contributed by atoms with E-state index in [4.69, 9.17) is 9.47 Å². The van der Waals surface area contributed by atoms with Crippen molar-refractivity contribution in [2.45, 2.75) is 45.4 Å². The van der Waals surface area contributed by atoms with Gasteiger partial charge in [-0.1, -0.05) is 37.5 Å². The van der Waals surface area contributed by atoms with Crippen molar-refractivity contribution in [3.05, 3.63) is 62.9 Å². The molecule has 3 aromatic rings. The highest BCUT2D eigenvalue weighted by molar-refractivity contribution is 7.17. The monoisotopic (exact) mass is 619 g/mol. The van der Waals surface area contributed by atoms with Gasteiger partial charge in [0.05, 0.1) is 25.1 Å². The third kappa shape index (κ3) is 6.46. The number of carbonyl (C=O) groups excluding carboxylic acids is 3. The number of esters is 1. The van der Waals surface area contributed by atoms with Crippen LogP contribution in [0, 0.1) is 17.8 Å². The van der Waals surface area contributed by atoms with Gasteiger partial charge in [-0.3, -0.25) is 9.59 Å². The van der Waals surface area contributed by atoms with Gasteiger partial charge >= 0.3 is 5.97 Å². The molecule has 1 aliphatic carbocycles. The highest BCUT2D eigenvalue weighted by Gasteiger charge is 2.35. The molecule has 2 amide bonds. The van der Waals surface area contributed by atoms with Gasteiger partial charge in [-0.15, -0.1) is 22.7 Å². The summed E-state index contributed by atoms with van der Waals surface area (Å²) in [5.74, 6) is 0.639. The summed E-state index contributed by atoms with van der Waals surface area (Å²) in [7, 11) is 1.42. The van der Waals surface area contributed by atoms with Gasteiger partial charge in [-0.05, 0) is 66.9 Å². The van der Waals surface area contributed by atoms with Crippen LogP contribution in [0.25, 0.3) is 16.0 Å². The number of anilines is 1. The van der Waals surface area contributed by atoms with Crippen LogP contribution < -0.4 is 5.32 Å². The number of amides is 2. The Balaban J connectivity index is 1.33. The Hall–Kier alpha value is -3.34. The quantitative estimate of drug-likeness (QED) is 0.294. The Labute approximate surface area is 260 Å². The summed E-state index contributed by atoms with van der Waals surface area (Å²) in [6.07, 6.45) is 6.28. The first kappa shape index (κ1) is 29.7. The molecule has 43 heavy (non-hydrogen) atoms. The zero-order valence-electron chi connectivity index (χ0n) is 24.6. The molecule has 3 aliphatic rings. The first-order valence-electron chi connectivity index (χ1n) is 15.0. The molecule has 1 unspecified atom stereocenters. The Bertz CT molecular complexity index is 1500. The number of ether oxygens (including phenoxy) is 2. The molecule has 1 atom stereocenters. The Morgan fingerprint density at radius 1 is 1.09 bits per heavy atom. The highest BCUT2D eigenvalue weighted by Crippen LogP contribution is 2.44. The molecule has 2 aliphatic heterocycles. The van der Waals surface area contributed by atoms with E-state index in [1.54, 1.807) is 10.9 Å². The molecule has 0 bridgehead atoms. The van der Waals surface area contributed by atoms with Gasteiger partial charge in [0.1, 0.15) is 10.6 Å². The SMILES string of the molecule is COC(=O)c1sc(-c2ccc(NC(=O)c3cscn3)cc2)cc1C1=C(C2CCC(C)CC2)CCN(C(=O)C2CCOC2)C1. The molecule has 0 radical (unpaired) electrons. The average Bonchev–Trinajstić information content (AvgIpc) is 3.84. The largest absolute Gasteiger partial charge is 0.465 e. The molecular weight excluding hydrogens is 583 g/mol. The number of thiazole rings is 1. The van der Waals surface area contributed by atoms with Gasteiger partial charge in [0.2, 0.25) is 5.91 Å². The van der Waals surface area contributed by atoms with E-state index in [1.165, 1.54) is 48.2 Å². The van der Waals surface area contributed by atoms with Crippen molar-refractivity contribution in [2.24, 2.45) is 17.8 Å². The van der Waals surface area contributed by atoms with Gasteiger partial charge < -0.3 is 19.7 Å². The van der Waals surface area contributed by atoms with E-state index in [1.807, 2.05) is 29.2 Å². The molecule has 6 rings (SSSR count). The van der Waals surface area contributed by atoms with Crippen LogP contribution in [0.3, 0.4) is 0 Å². The normalized spacial score (nSPS) is 22.5. The zero-order chi connectivity index (χ0) is 29.9. The minimum Gasteiger partial charge on any atom is -0.465 e.